The van der Waals surface area contributed by atoms with Crippen LogP contribution in [0.1, 0.15) is 25.0 Å². The third kappa shape index (κ3) is 5.41. The standard InChI is InChI=1S/C61H41NO2/c1-61(2)53-24-8-5-16-46(53)50-22-11-19-43(58(50)61)39-28-33-41(34-29-39)62(42-35-30-40(31-36-42)45-20-12-23-51-48-18-7-10-26-55(48)63-59(45)51)54-25-9-6-17-47(54)49-21-13-27-56-57(49)52-37-32-38-14-3-4-15-44(38)60(52)64-56/h3-37H,1-2H3. The largest absolute Gasteiger partial charge is 0.455 e. The van der Waals surface area contributed by atoms with Crippen LogP contribution in [-0.2, 0) is 5.41 Å². The summed E-state index contributed by atoms with van der Waals surface area (Å²) in [5.74, 6) is 0. The summed E-state index contributed by atoms with van der Waals surface area (Å²) >= 11 is 0. The van der Waals surface area contributed by atoms with Gasteiger partial charge in [0, 0.05) is 54.8 Å². The number of nitrogens with zero attached hydrogens (tertiary/aromatic N) is 1. The van der Waals surface area contributed by atoms with E-state index in [9.17, 15) is 0 Å². The molecule has 0 fully saturated rings. The lowest BCUT2D eigenvalue weighted by molar-refractivity contribution is 0.662. The van der Waals surface area contributed by atoms with Crippen molar-refractivity contribution in [3.8, 4) is 44.5 Å². The fourth-order valence-corrected chi connectivity index (χ4v) is 10.7. The Hall–Kier alpha value is -8.14. The summed E-state index contributed by atoms with van der Waals surface area (Å²) in [5, 5.41) is 6.76. The lowest BCUT2D eigenvalue weighted by Crippen LogP contribution is -2.16. The number of anilines is 3. The third-order valence-electron chi connectivity index (χ3n) is 13.7. The Morgan fingerprint density at radius 1 is 0.359 bits per heavy atom. The number of hydrogen-bond acceptors (Lipinski definition) is 3. The van der Waals surface area contributed by atoms with Crippen LogP contribution in [0.25, 0.3) is 99.2 Å². The van der Waals surface area contributed by atoms with Crippen molar-refractivity contribution < 1.29 is 8.83 Å². The van der Waals surface area contributed by atoms with E-state index in [1.165, 1.54) is 38.8 Å². The SMILES string of the molecule is CC1(C)c2ccccc2-c2cccc(-c3ccc(N(c4ccc(-c5cccc6c5oc5ccccc56)cc4)c4ccccc4-c4cccc5oc6c7ccccc7ccc6c45)cc3)c21. The molecule has 0 atom stereocenters. The molecule has 0 amide bonds. The van der Waals surface area contributed by atoms with E-state index in [0.717, 1.165) is 88.6 Å². The quantitative estimate of drug-likeness (QED) is 0.167. The molecular formula is C61H41NO2. The summed E-state index contributed by atoms with van der Waals surface area (Å²) < 4.78 is 13.2. The molecular weight excluding hydrogens is 779 g/mol. The maximum atomic E-state index is 6.70. The molecule has 0 radical (unpaired) electrons. The Bertz CT molecular complexity index is 3810. The second kappa shape index (κ2) is 13.9. The van der Waals surface area contributed by atoms with Gasteiger partial charge in [-0.15, -0.1) is 0 Å². The van der Waals surface area contributed by atoms with Crippen LogP contribution in [0.4, 0.5) is 17.1 Å². The average molecular weight is 820 g/mol. The van der Waals surface area contributed by atoms with E-state index in [2.05, 4.69) is 219 Å². The highest BCUT2D eigenvalue weighted by atomic mass is 16.3. The molecule has 1 aliphatic carbocycles. The van der Waals surface area contributed by atoms with Gasteiger partial charge < -0.3 is 13.7 Å². The van der Waals surface area contributed by atoms with Crippen molar-refractivity contribution in [2.24, 2.45) is 0 Å². The normalized spacial score (nSPS) is 13.0. The highest BCUT2D eigenvalue weighted by molar-refractivity contribution is 6.20. The van der Waals surface area contributed by atoms with E-state index >= 15 is 0 Å². The first-order valence-corrected chi connectivity index (χ1v) is 22.1. The Kier molecular flexibility index (Phi) is 7.95. The van der Waals surface area contributed by atoms with Crippen molar-refractivity contribution in [2.75, 3.05) is 4.90 Å². The van der Waals surface area contributed by atoms with Crippen molar-refractivity contribution >= 4 is 71.7 Å². The summed E-state index contributed by atoms with van der Waals surface area (Å²) in [5.41, 5.74) is 19.0. The molecule has 64 heavy (non-hydrogen) atoms. The summed E-state index contributed by atoms with van der Waals surface area (Å²) in [7, 11) is 0. The predicted octanol–water partition coefficient (Wildman–Crippen LogP) is 17.4. The van der Waals surface area contributed by atoms with Crippen molar-refractivity contribution in [3.63, 3.8) is 0 Å². The molecule has 1 aliphatic rings. The summed E-state index contributed by atoms with van der Waals surface area (Å²) in [6.45, 7) is 4.72. The van der Waals surface area contributed by atoms with Crippen LogP contribution in [0.2, 0.25) is 0 Å². The number of hydrogen-bond donors (Lipinski definition) is 0. The molecule has 0 N–H and O–H groups in total. The van der Waals surface area contributed by atoms with Crippen LogP contribution in [0.5, 0.6) is 0 Å². The molecule has 0 saturated heterocycles. The summed E-state index contributed by atoms with van der Waals surface area (Å²) in [6.07, 6.45) is 0. The second-order valence-electron chi connectivity index (χ2n) is 17.6. The van der Waals surface area contributed by atoms with Crippen LogP contribution >= 0.6 is 0 Å². The fourth-order valence-electron chi connectivity index (χ4n) is 10.7. The summed E-state index contributed by atoms with van der Waals surface area (Å²) in [4.78, 5) is 2.40. The van der Waals surface area contributed by atoms with Crippen LogP contribution < -0.4 is 4.90 Å². The molecule has 13 rings (SSSR count). The lowest BCUT2D eigenvalue weighted by atomic mass is 9.79. The molecule has 0 aliphatic heterocycles. The molecule has 12 aromatic rings. The Morgan fingerprint density at radius 3 is 1.75 bits per heavy atom. The molecule has 2 heterocycles. The molecule has 302 valence electrons. The summed E-state index contributed by atoms with van der Waals surface area (Å²) in [6, 6.07) is 76.6. The number of furan rings is 2. The van der Waals surface area contributed by atoms with E-state index < -0.39 is 0 Å². The minimum absolute atomic E-state index is 0.120. The number of benzene rings is 10. The van der Waals surface area contributed by atoms with Gasteiger partial charge in [-0.25, -0.2) is 0 Å². The predicted molar refractivity (Wildman–Crippen MR) is 267 cm³/mol. The maximum absolute atomic E-state index is 6.70. The van der Waals surface area contributed by atoms with Gasteiger partial charge in [-0.2, -0.15) is 0 Å². The number of para-hydroxylation sites is 3. The highest BCUT2D eigenvalue weighted by Gasteiger charge is 2.37. The van der Waals surface area contributed by atoms with Gasteiger partial charge in [0.25, 0.3) is 0 Å². The van der Waals surface area contributed by atoms with Crippen LogP contribution in [0.3, 0.4) is 0 Å². The van der Waals surface area contributed by atoms with Crippen molar-refractivity contribution in [1.29, 1.82) is 0 Å². The van der Waals surface area contributed by atoms with E-state index in [1.54, 1.807) is 0 Å². The van der Waals surface area contributed by atoms with Gasteiger partial charge in [0.2, 0.25) is 0 Å². The highest BCUT2D eigenvalue weighted by Crippen LogP contribution is 2.53. The zero-order valence-corrected chi connectivity index (χ0v) is 35.5. The molecule has 0 unspecified atom stereocenters. The second-order valence-corrected chi connectivity index (χ2v) is 17.6. The molecule has 0 saturated carbocycles. The van der Waals surface area contributed by atoms with Gasteiger partial charge in [-0.3, -0.25) is 0 Å². The van der Waals surface area contributed by atoms with Crippen molar-refractivity contribution in [2.45, 2.75) is 19.3 Å². The van der Waals surface area contributed by atoms with Crippen LogP contribution in [0.15, 0.2) is 221 Å². The van der Waals surface area contributed by atoms with Crippen LogP contribution in [0, 0.1) is 0 Å². The smallest absolute Gasteiger partial charge is 0.143 e. The first-order chi connectivity index (χ1) is 31.5. The molecule has 3 nitrogen and oxygen atoms in total. The van der Waals surface area contributed by atoms with Gasteiger partial charge in [0.15, 0.2) is 0 Å². The zero-order valence-electron chi connectivity index (χ0n) is 35.5. The Labute approximate surface area is 371 Å². The first kappa shape index (κ1) is 36.5. The minimum Gasteiger partial charge on any atom is -0.455 e. The Balaban J connectivity index is 0.981. The fraction of sp³-hybridized carbons (Fsp3) is 0.0492. The van der Waals surface area contributed by atoms with Crippen molar-refractivity contribution in [1.82, 2.24) is 0 Å². The average Bonchev–Trinajstić information content (AvgIpc) is 4.00. The lowest BCUT2D eigenvalue weighted by Gasteiger charge is -2.29. The van der Waals surface area contributed by atoms with Crippen molar-refractivity contribution in [3.05, 3.63) is 223 Å². The monoisotopic (exact) mass is 819 g/mol. The number of rotatable bonds is 6. The first-order valence-electron chi connectivity index (χ1n) is 22.1. The topological polar surface area (TPSA) is 29.5 Å². The third-order valence-corrected chi connectivity index (χ3v) is 13.7. The van der Waals surface area contributed by atoms with E-state index in [-0.39, 0.29) is 5.41 Å². The zero-order chi connectivity index (χ0) is 42.5. The van der Waals surface area contributed by atoms with Gasteiger partial charge in [0.1, 0.15) is 22.3 Å². The molecule has 0 bridgehead atoms. The molecule has 0 spiro atoms. The van der Waals surface area contributed by atoms with Gasteiger partial charge in [-0.1, -0.05) is 178 Å². The van der Waals surface area contributed by atoms with Gasteiger partial charge in [-0.05, 0) is 98.4 Å². The number of fused-ring (bicyclic) bond motifs is 11. The Morgan fingerprint density at radius 2 is 0.922 bits per heavy atom. The van der Waals surface area contributed by atoms with Gasteiger partial charge in [0.05, 0.1) is 5.69 Å². The van der Waals surface area contributed by atoms with E-state index in [1.807, 2.05) is 12.1 Å². The maximum Gasteiger partial charge on any atom is 0.143 e. The van der Waals surface area contributed by atoms with Crippen LogP contribution in [-0.4, -0.2) is 0 Å². The molecule has 2 aromatic heterocycles. The van der Waals surface area contributed by atoms with E-state index in [4.69, 9.17) is 8.83 Å². The molecule has 3 heteroatoms. The van der Waals surface area contributed by atoms with Gasteiger partial charge >= 0.3 is 0 Å². The van der Waals surface area contributed by atoms with E-state index in [0.29, 0.717) is 0 Å². The molecule has 10 aromatic carbocycles. The minimum atomic E-state index is -0.120.